The zero-order valence-corrected chi connectivity index (χ0v) is 8.97. The van der Waals surface area contributed by atoms with E-state index in [1.807, 2.05) is 0 Å². The van der Waals surface area contributed by atoms with Gasteiger partial charge in [0.05, 0.1) is 12.2 Å². The molecule has 1 aliphatic heterocycles. The molecule has 92 valence electrons. The fourth-order valence-corrected chi connectivity index (χ4v) is 1.25. The normalized spacial score (nSPS) is 23.3. The lowest BCUT2D eigenvalue weighted by Gasteiger charge is -2.10. The summed E-state index contributed by atoms with van der Waals surface area (Å²) in [6.07, 6.45) is -4.37. The number of anilines is 1. The molecule has 0 bridgehead atoms. The van der Waals surface area contributed by atoms with Crippen LogP contribution in [-0.2, 0) is 15.7 Å². The van der Waals surface area contributed by atoms with E-state index in [0.717, 1.165) is 12.1 Å². The van der Waals surface area contributed by atoms with Gasteiger partial charge in [-0.05, 0) is 31.2 Å². The monoisotopic (exact) mass is 245 g/mol. The number of carbonyl (C=O) groups excluding carboxylic acids is 1. The summed E-state index contributed by atoms with van der Waals surface area (Å²) in [6.45, 7) is 1.95. The molecule has 0 aromatic heterocycles. The maximum absolute atomic E-state index is 12.3. The number of amides is 1. The van der Waals surface area contributed by atoms with Crippen molar-refractivity contribution in [3.8, 4) is 0 Å². The molecule has 1 aliphatic rings. The number of alkyl halides is 3. The van der Waals surface area contributed by atoms with Crippen molar-refractivity contribution in [2.24, 2.45) is 0 Å². The number of nitrogens with one attached hydrogen (secondary N) is 1. The van der Waals surface area contributed by atoms with Gasteiger partial charge in [-0.25, -0.2) is 0 Å². The summed E-state index contributed by atoms with van der Waals surface area (Å²) in [5, 5.41) is 2.49. The number of epoxide rings is 1. The average molecular weight is 245 g/mol. The number of ether oxygens (including phenoxy) is 1. The summed E-state index contributed by atoms with van der Waals surface area (Å²) < 4.78 is 41.7. The van der Waals surface area contributed by atoms with Crippen LogP contribution in [0.15, 0.2) is 24.3 Å². The molecule has 3 nitrogen and oxygen atoms in total. The Labute approximate surface area is 95.6 Å². The predicted molar refractivity (Wildman–Crippen MR) is 54.4 cm³/mol. The first-order chi connectivity index (χ1) is 7.81. The highest BCUT2D eigenvalue weighted by atomic mass is 19.4. The number of rotatable bonds is 2. The van der Waals surface area contributed by atoms with E-state index in [0.29, 0.717) is 12.3 Å². The highest BCUT2D eigenvalue weighted by Gasteiger charge is 2.47. The third-order valence-corrected chi connectivity index (χ3v) is 2.53. The van der Waals surface area contributed by atoms with Gasteiger partial charge >= 0.3 is 6.18 Å². The first kappa shape index (κ1) is 11.9. The fraction of sp³-hybridized carbons (Fsp3) is 0.364. The highest BCUT2D eigenvalue weighted by molar-refractivity contribution is 5.98. The minimum Gasteiger partial charge on any atom is -0.359 e. The molecule has 0 saturated carbocycles. The Morgan fingerprint density at radius 3 is 2.29 bits per heavy atom. The summed E-state index contributed by atoms with van der Waals surface area (Å²) in [7, 11) is 0. The summed E-state index contributed by atoms with van der Waals surface area (Å²) in [5.41, 5.74) is -1.26. The van der Waals surface area contributed by atoms with Gasteiger partial charge in [0, 0.05) is 5.69 Å². The minimum absolute atomic E-state index is 0.319. The lowest BCUT2D eigenvalue weighted by Crippen LogP contribution is -2.28. The van der Waals surface area contributed by atoms with E-state index in [2.05, 4.69) is 5.32 Å². The zero-order chi connectivity index (χ0) is 12.7. The Hall–Kier alpha value is -1.56. The quantitative estimate of drug-likeness (QED) is 0.813. The summed E-state index contributed by atoms with van der Waals surface area (Å²) >= 11 is 0. The Morgan fingerprint density at radius 2 is 1.88 bits per heavy atom. The van der Waals surface area contributed by atoms with Crippen LogP contribution in [0.2, 0.25) is 0 Å². The van der Waals surface area contributed by atoms with Crippen LogP contribution in [0.5, 0.6) is 0 Å². The number of carbonyl (C=O) groups is 1. The molecule has 1 aromatic carbocycles. The van der Waals surface area contributed by atoms with Gasteiger partial charge < -0.3 is 10.1 Å². The van der Waals surface area contributed by atoms with Crippen molar-refractivity contribution in [1.29, 1.82) is 0 Å². The Morgan fingerprint density at radius 1 is 1.35 bits per heavy atom. The zero-order valence-electron chi connectivity index (χ0n) is 8.97. The van der Waals surface area contributed by atoms with Gasteiger partial charge in [0.15, 0.2) is 5.60 Å². The molecule has 1 aromatic rings. The van der Waals surface area contributed by atoms with E-state index in [-0.39, 0.29) is 5.91 Å². The van der Waals surface area contributed by atoms with Crippen LogP contribution < -0.4 is 5.32 Å². The maximum Gasteiger partial charge on any atom is 0.416 e. The van der Waals surface area contributed by atoms with E-state index in [9.17, 15) is 18.0 Å². The molecule has 0 radical (unpaired) electrons. The maximum atomic E-state index is 12.3. The third-order valence-electron chi connectivity index (χ3n) is 2.53. The molecule has 17 heavy (non-hydrogen) atoms. The smallest absolute Gasteiger partial charge is 0.359 e. The van der Waals surface area contributed by atoms with Crippen LogP contribution in [0.4, 0.5) is 18.9 Å². The molecule has 0 aliphatic carbocycles. The molecule has 0 spiro atoms. The van der Waals surface area contributed by atoms with Crippen molar-refractivity contribution in [2.45, 2.75) is 18.7 Å². The van der Waals surface area contributed by atoms with Crippen molar-refractivity contribution in [3.05, 3.63) is 29.8 Å². The van der Waals surface area contributed by atoms with Gasteiger partial charge in [-0.15, -0.1) is 0 Å². The van der Waals surface area contributed by atoms with Gasteiger partial charge in [-0.3, -0.25) is 4.79 Å². The van der Waals surface area contributed by atoms with E-state index in [4.69, 9.17) is 4.74 Å². The van der Waals surface area contributed by atoms with Crippen LogP contribution in [0.25, 0.3) is 0 Å². The number of halogens is 3. The molecule has 1 saturated heterocycles. The van der Waals surface area contributed by atoms with Crippen LogP contribution in [0.3, 0.4) is 0 Å². The second-order valence-corrected chi connectivity index (χ2v) is 4.05. The molecule has 1 fully saturated rings. The largest absolute Gasteiger partial charge is 0.416 e. The average Bonchev–Trinajstić information content (AvgIpc) is 2.97. The van der Waals surface area contributed by atoms with Crippen molar-refractivity contribution in [1.82, 2.24) is 0 Å². The number of hydrogen-bond acceptors (Lipinski definition) is 2. The Balaban J connectivity index is 2.06. The summed E-state index contributed by atoms with van der Waals surface area (Å²) in [5.74, 6) is -0.350. The van der Waals surface area contributed by atoms with Gasteiger partial charge in [-0.2, -0.15) is 13.2 Å². The second-order valence-electron chi connectivity index (χ2n) is 4.05. The lowest BCUT2D eigenvalue weighted by atomic mass is 10.1. The molecule has 0 unspecified atom stereocenters. The molecule has 1 N–H and O–H groups in total. The molecular formula is C11H10F3NO2. The van der Waals surface area contributed by atoms with Crippen LogP contribution >= 0.6 is 0 Å². The van der Waals surface area contributed by atoms with Crippen molar-refractivity contribution < 1.29 is 22.7 Å². The first-order valence-electron chi connectivity index (χ1n) is 4.94. The van der Waals surface area contributed by atoms with Crippen molar-refractivity contribution >= 4 is 11.6 Å². The van der Waals surface area contributed by atoms with Crippen molar-refractivity contribution in [2.75, 3.05) is 11.9 Å². The van der Waals surface area contributed by atoms with Crippen molar-refractivity contribution in [3.63, 3.8) is 0 Å². The lowest BCUT2D eigenvalue weighted by molar-refractivity contribution is -0.137. The molecule has 6 heteroatoms. The summed E-state index contributed by atoms with van der Waals surface area (Å²) in [4.78, 5) is 11.5. The van der Waals surface area contributed by atoms with Crippen LogP contribution in [0, 0.1) is 0 Å². The molecule has 1 heterocycles. The molecule has 1 atom stereocenters. The van der Waals surface area contributed by atoms with Gasteiger partial charge in [0.1, 0.15) is 0 Å². The Bertz CT molecular complexity index is 435. The standard InChI is InChI=1S/C11H10F3NO2/c1-10(6-17-10)9(16)15-8-4-2-7(3-5-8)11(12,13)14/h2-5H,6H2,1H3,(H,15,16)/t10-/m1/s1. The van der Waals surface area contributed by atoms with E-state index in [1.54, 1.807) is 6.92 Å². The van der Waals surface area contributed by atoms with E-state index >= 15 is 0 Å². The van der Waals surface area contributed by atoms with Crippen LogP contribution in [0.1, 0.15) is 12.5 Å². The first-order valence-corrected chi connectivity index (χ1v) is 4.94. The van der Waals surface area contributed by atoms with Gasteiger partial charge in [0.2, 0.25) is 0 Å². The minimum atomic E-state index is -4.37. The molecule has 1 amide bonds. The number of benzene rings is 1. The topological polar surface area (TPSA) is 41.6 Å². The SMILES string of the molecule is C[C@]1(C(=O)Nc2ccc(C(F)(F)F)cc2)CO1. The molecular weight excluding hydrogens is 235 g/mol. The van der Waals surface area contributed by atoms with Gasteiger partial charge in [0.25, 0.3) is 5.91 Å². The third kappa shape index (κ3) is 2.58. The highest BCUT2D eigenvalue weighted by Crippen LogP contribution is 2.31. The van der Waals surface area contributed by atoms with E-state index in [1.165, 1.54) is 12.1 Å². The fourth-order valence-electron chi connectivity index (χ4n) is 1.25. The number of hydrogen-bond donors (Lipinski definition) is 1. The van der Waals surface area contributed by atoms with E-state index < -0.39 is 17.3 Å². The Kier molecular flexibility index (Phi) is 2.61. The van der Waals surface area contributed by atoms with Gasteiger partial charge in [-0.1, -0.05) is 0 Å². The van der Waals surface area contributed by atoms with Crippen LogP contribution in [-0.4, -0.2) is 18.1 Å². The predicted octanol–water partition coefficient (Wildman–Crippen LogP) is 2.43. The summed E-state index contributed by atoms with van der Waals surface area (Å²) in [6, 6.07) is 4.27. The second kappa shape index (κ2) is 3.73. The molecule has 2 rings (SSSR count).